The molecule has 1 aromatic heterocycles. The second-order valence-electron chi connectivity index (χ2n) is 4.28. The van der Waals surface area contributed by atoms with Gasteiger partial charge in [0.25, 0.3) is 0 Å². The molecule has 0 bridgehead atoms. The molecular weight excluding hydrogens is 224 g/mol. The smallest absolute Gasteiger partial charge is 0.246 e. The first-order chi connectivity index (χ1) is 8.18. The zero-order valence-corrected chi connectivity index (χ0v) is 9.73. The number of carbonyl (C=O) groups is 1. The minimum atomic E-state index is -0.191. The molecule has 1 saturated heterocycles. The maximum absolute atomic E-state index is 11.4. The largest absolute Gasteiger partial charge is 0.363 e. The summed E-state index contributed by atoms with van der Waals surface area (Å²) >= 11 is 0. The zero-order valence-electron chi connectivity index (χ0n) is 9.73. The molecule has 17 heavy (non-hydrogen) atoms. The van der Waals surface area contributed by atoms with Gasteiger partial charge in [0.05, 0.1) is 5.60 Å². The summed E-state index contributed by atoms with van der Waals surface area (Å²) in [5.41, 5.74) is -0.191. The molecule has 1 amide bonds. The topological polar surface area (TPSA) is 89.3 Å². The minimum absolute atomic E-state index is 0.0853. The molecule has 0 unspecified atom stereocenters. The molecule has 0 saturated carbocycles. The number of amides is 1. The lowest BCUT2D eigenvalue weighted by molar-refractivity contribution is -0.135. The molecular formula is C10H16N4O3. The highest BCUT2D eigenvalue weighted by molar-refractivity contribution is 5.77. The third-order valence-corrected chi connectivity index (χ3v) is 2.62. The summed E-state index contributed by atoms with van der Waals surface area (Å²) in [5.74, 6) is 0.388. The maximum Gasteiger partial charge on any atom is 0.246 e. The van der Waals surface area contributed by atoms with Crippen molar-refractivity contribution in [1.29, 1.82) is 0 Å². The molecule has 94 valence electrons. The van der Waals surface area contributed by atoms with E-state index in [2.05, 4.69) is 20.8 Å². The highest BCUT2D eigenvalue weighted by Crippen LogP contribution is 2.14. The lowest BCUT2D eigenvalue weighted by Crippen LogP contribution is -2.59. The third kappa shape index (κ3) is 3.50. The molecule has 0 radical (unpaired) electrons. The number of nitrogens with zero attached hydrogens (tertiary/aromatic N) is 2. The van der Waals surface area contributed by atoms with Gasteiger partial charge in [0.15, 0.2) is 6.33 Å². The van der Waals surface area contributed by atoms with Crippen LogP contribution in [0, 0.1) is 0 Å². The van der Waals surface area contributed by atoms with Crippen LogP contribution in [-0.2, 0) is 16.0 Å². The number of hydrogen-bond acceptors (Lipinski definition) is 6. The first-order valence-electron chi connectivity index (χ1n) is 5.55. The Kier molecular flexibility index (Phi) is 3.70. The van der Waals surface area contributed by atoms with Gasteiger partial charge in [-0.25, -0.2) is 0 Å². The van der Waals surface area contributed by atoms with Crippen LogP contribution in [-0.4, -0.2) is 47.9 Å². The summed E-state index contributed by atoms with van der Waals surface area (Å²) in [6, 6.07) is 0. The van der Waals surface area contributed by atoms with E-state index in [0.29, 0.717) is 18.9 Å². The average Bonchev–Trinajstić information content (AvgIpc) is 2.77. The minimum Gasteiger partial charge on any atom is -0.363 e. The SMILES string of the molecule is CC1(OCC(=O)NCCc2ncno2)CNC1. The summed E-state index contributed by atoms with van der Waals surface area (Å²) in [6.45, 7) is 4.13. The summed E-state index contributed by atoms with van der Waals surface area (Å²) in [4.78, 5) is 15.3. The number of hydrogen-bond donors (Lipinski definition) is 2. The van der Waals surface area contributed by atoms with Gasteiger partial charge in [-0.2, -0.15) is 4.98 Å². The van der Waals surface area contributed by atoms with E-state index in [0.717, 1.165) is 13.1 Å². The Bertz CT molecular complexity index is 362. The van der Waals surface area contributed by atoms with Crippen molar-refractivity contribution in [1.82, 2.24) is 20.8 Å². The second-order valence-corrected chi connectivity index (χ2v) is 4.28. The van der Waals surface area contributed by atoms with Gasteiger partial charge in [-0.15, -0.1) is 0 Å². The standard InChI is InChI=1S/C10H16N4O3/c1-10(5-11-6-10)16-4-8(15)12-3-2-9-13-7-14-17-9/h7,11H,2-6H2,1H3,(H,12,15). The molecule has 7 heteroatoms. The van der Waals surface area contributed by atoms with Crippen LogP contribution in [0.1, 0.15) is 12.8 Å². The van der Waals surface area contributed by atoms with Crippen molar-refractivity contribution < 1.29 is 14.1 Å². The molecule has 0 spiro atoms. The molecule has 0 aliphatic carbocycles. The van der Waals surface area contributed by atoms with Crippen molar-refractivity contribution in [2.45, 2.75) is 18.9 Å². The average molecular weight is 240 g/mol. The fourth-order valence-corrected chi connectivity index (χ4v) is 1.48. The number of rotatable bonds is 6. The first kappa shape index (κ1) is 12.0. The summed E-state index contributed by atoms with van der Waals surface area (Å²) in [6.07, 6.45) is 1.87. The molecule has 0 aromatic carbocycles. The van der Waals surface area contributed by atoms with Gasteiger partial charge in [-0.1, -0.05) is 5.16 Å². The number of carbonyl (C=O) groups excluding carboxylic acids is 1. The van der Waals surface area contributed by atoms with Crippen LogP contribution in [0.5, 0.6) is 0 Å². The van der Waals surface area contributed by atoms with Gasteiger partial charge in [-0.05, 0) is 6.92 Å². The van der Waals surface area contributed by atoms with Crippen molar-refractivity contribution in [3.63, 3.8) is 0 Å². The van der Waals surface area contributed by atoms with Gasteiger partial charge >= 0.3 is 0 Å². The fraction of sp³-hybridized carbons (Fsp3) is 0.700. The molecule has 2 N–H and O–H groups in total. The van der Waals surface area contributed by atoms with Crippen molar-refractivity contribution in [3.8, 4) is 0 Å². The van der Waals surface area contributed by atoms with Crippen LogP contribution >= 0.6 is 0 Å². The Morgan fingerprint density at radius 1 is 1.71 bits per heavy atom. The summed E-state index contributed by atoms with van der Waals surface area (Å²) < 4.78 is 10.3. The van der Waals surface area contributed by atoms with Crippen molar-refractivity contribution >= 4 is 5.91 Å². The van der Waals surface area contributed by atoms with E-state index in [1.807, 2.05) is 6.92 Å². The molecule has 7 nitrogen and oxygen atoms in total. The molecule has 1 aliphatic rings. The summed E-state index contributed by atoms with van der Waals surface area (Å²) in [7, 11) is 0. The van der Waals surface area contributed by atoms with Gasteiger partial charge in [0.2, 0.25) is 11.8 Å². The summed E-state index contributed by atoms with van der Waals surface area (Å²) in [5, 5.41) is 9.31. The molecule has 1 aliphatic heterocycles. The normalized spacial score (nSPS) is 17.5. The van der Waals surface area contributed by atoms with Crippen LogP contribution in [0.15, 0.2) is 10.9 Å². The van der Waals surface area contributed by atoms with E-state index in [1.165, 1.54) is 6.33 Å². The van der Waals surface area contributed by atoms with Crippen LogP contribution < -0.4 is 10.6 Å². The van der Waals surface area contributed by atoms with E-state index in [4.69, 9.17) is 9.26 Å². The quantitative estimate of drug-likeness (QED) is 0.670. The lowest BCUT2D eigenvalue weighted by atomic mass is 10.0. The van der Waals surface area contributed by atoms with Crippen LogP contribution in [0.4, 0.5) is 0 Å². The number of ether oxygens (including phenoxy) is 1. The van der Waals surface area contributed by atoms with Crippen LogP contribution in [0.2, 0.25) is 0 Å². The van der Waals surface area contributed by atoms with Crippen molar-refractivity contribution in [3.05, 3.63) is 12.2 Å². The van der Waals surface area contributed by atoms with Crippen molar-refractivity contribution in [2.24, 2.45) is 0 Å². The molecule has 2 heterocycles. The monoisotopic (exact) mass is 240 g/mol. The predicted octanol–water partition coefficient (Wildman–Crippen LogP) is -0.893. The molecule has 1 aromatic rings. The Labute approximate surface area is 98.9 Å². The van der Waals surface area contributed by atoms with Gasteiger partial charge in [0.1, 0.15) is 6.61 Å². The van der Waals surface area contributed by atoms with Gasteiger partial charge < -0.3 is 19.9 Å². The van der Waals surface area contributed by atoms with Crippen molar-refractivity contribution in [2.75, 3.05) is 26.2 Å². The van der Waals surface area contributed by atoms with E-state index in [1.54, 1.807) is 0 Å². The van der Waals surface area contributed by atoms with Crippen LogP contribution in [0.25, 0.3) is 0 Å². The van der Waals surface area contributed by atoms with Gasteiger partial charge in [-0.3, -0.25) is 4.79 Å². The number of aromatic nitrogens is 2. The Balaban J connectivity index is 1.58. The van der Waals surface area contributed by atoms with Gasteiger partial charge in [0, 0.05) is 26.1 Å². The number of nitrogens with one attached hydrogen (secondary N) is 2. The first-order valence-corrected chi connectivity index (χ1v) is 5.55. The molecule has 0 atom stereocenters. The second kappa shape index (κ2) is 5.24. The Morgan fingerprint density at radius 3 is 3.12 bits per heavy atom. The lowest BCUT2D eigenvalue weighted by Gasteiger charge is -2.38. The van der Waals surface area contributed by atoms with Crippen LogP contribution in [0.3, 0.4) is 0 Å². The molecule has 1 fully saturated rings. The van der Waals surface area contributed by atoms with E-state index >= 15 is 0 Å². The van der Waals surface area contributed by atoms with E-state index in [-0.39, 0.29) is 18.1 Å². The predicted molar refractivity (Wildman–Crippen MR) is 58.2 cm³/mol. The molecule has 2 rings (SSSR count). The van der Waals surface area contributed by atoms with E-state index < -0.39 is 0 Å². The highest BCUT2D eigenvalue weighted by atomic mass is 16.5. The fourth-order valence-electron chi connectivity index (χ4n) is 1.48. The maximum atomic E-state index is 11.4. The highest BCUT2D eigenvalue weighted by Gasteiger charge is 2.32. The Morgan fingerprint density at radius 2 is 2.53 bits per heavy atom. The van der Waals surface area contributed by atoms with E-state index in [9.17, 15) is 4.79 Å². The third-order valence-electron chi connectivity index (χ3n) is 2.62. The zero-order chi connectivity index (χ0) is 12.1. The Hall–Kier alpha value is -1.47.